The molecule has 2 aliphatic heterocycles. The van der Waals surface area contributed by atoms with Gasteiger partial charge in [0.2, 0.25) is 0 Å². The van der Waals surface area contributed by atoms with Crippen LogP contribution in [-0.2, 0) is 6.54 Å². The van der Waals surface area contributed by atoms with Crippen LogP contribution in [0.4, 0.5) is 0 Å². The molecule has 0 aliphatic carbocycles. The summed E-state index contributed by atoms with van der Waals surface area (Å²) in [4.78, 5) is 27.2. The summed E-state index contributed by atoms with van der Waals surface area (Å²) in [6.07, 6.45) is 2.78. The second-order valence-corrected chi connectivity index (χ2v) is 6.84. The van der Waals surface area contributed by atoms with Gasteiger partial charge >= 0.3 is 0 Å². The number of hydrogen-bond donors (Lipinski definition) is 0. The van der Waals surface area contributed by atoms with Gasteiger partial charge in [-0.2, -0.15) is 5.10 Å². The third kappa shape index (κ3) is 2.62. The molecule has 2 aromatic rings. The first-order chi connectivity index (χ1) is 12.0. The van der Waals surface area contributed by atoms with E-state index in [4.69, 9.17) is 4.74 Å². The number of hydrogen-bond acceptors (Lipinski definition) is 4. The molecule has 1 aromatic carbocycles. The van der Waals surface area contributed by atoms with Gasteiger partial charge in [-0.15, -0.1) is 0 Å². The predicted octanol–water partition coefficient (Wildman–Crippen LogP) is 2.46. The topological polar surface area (TPSA) is 64.4 Å². The van der Waals surface area contributed by atoms with Crippen molar-refractivity contribution in [3.8, 4) is 5.75 Å². The molecule has 2 aliphatic rings. The molecule has 1 saturated heterocycles. The molecular formula is C19H21N3O3. The van der Waals surface area contributed by atoms with Gasteiger partial charge in [-0.1, -0.05) is 12.1 Å². The van der Waals surface area contributed by atoms with Crippen molar-refractivity contribution in [2.45, 2.75) is 38.8 Å². The molecule has 1 amide bonds. The van der Waals surface area contributed by atoms with Crippen molar-refractivity contribution >= 4 is 11.7 Å². The van der Waals surface area contributed by atoms with Gasteiger partial charge in [-0.05, 0) is 26.0 Å². The van der Waals surface area contributed by atoms with Crippen molar-refractivity contribution in [3.63, 3.8) is 0 Å². The molecule has 130 valence electrons. The zero-order valence-corrected chi connectivity index (χ0v) is 14.5. The fourth-order valence-electron chi connectivity index (χ4n) is 3.75. The van der Waals surface area contributed by atoms with E-state index in [1.165, 1.54) is 0 Å². The van der Waals surface area contributed by atoms with Crippen LogP contribution in [0.5, 0.6) is 5.75 Å². The van der Waals surface area contributed by atoms with Gasteiger partial charge in [-0.3, -0.25) is 14.3 Å². The maximum absolute atomic E-state index is 12.9. The number of amides is 1. The van der Waals surface area contributed by atoms with E-state index in [1.807, 2.05) is 32.0 Å². The van der Waals surface area contributed by atoms with Crippen molar-refractivity contribution in [1.82, 2.24) is 14.7 Å². The van der Waals surface area contributed by atoms with Crippen LogP contribution >= 0.6 is 0 Å². The maximum atomic E-state index is 12.9. The highest BCUT2D eigenvalue weighted by atomic mass is 16.5. The molecule has 6 heteroatoms. The number of benzene rings is 1. The Kier molecular flexibility index (Phi) is 3.63. The Hall–Kier alpha value is -2.63. The molecule has 0 unspecified atom stereocenters. The lowest BCUT2D eigenvalue weighted by atomic mass is 9.89. The average molecular weight is 339 g/mol. The highest BCUT2D eigenvalue weighted by molar-refractivity contribution is 6.00. The van der Waals surface area contributed by atoms with E-state index < -0.39 is 5.60 Å². The van der Waals surface area contributed by atoms with Crippen molar-refractivity contribution in [2.24, 2.45) is 0 Å². The molecule has 0 radical (unpaired) electrons. The van der Waals surface area contributed by atoms with Crippen LogP contribution in [0, 0.1) is 6.92 Å². The summed E-state index contributed by atoms with van der Waals surface area (Å²) >= 11 is 0. The Bertz CT molecular complexity index is 857. The quantitative estimate of drug-likeness (QED) is 0.843. The zero-order chi connectivity index (χ0) is 17.6. The predicted molar refractivity (Wildman–Crippen MR) is 91.9 cm³/mol. The van der Waals surface area contributed by atoms with Gasteiger partial charge in [0.15, 0.2) is 5.78 Å². The molecule has 25 heavy (non-hydrogen) atoms. The van der Waals surface area contributed by atoms with E-state index in [1.54, 1.807) is 21.8 Å². The van der Waals surface area contributed by atoms with Crippen LogP contribution in [0.3, 0.4) is 0 Å². The first-order valence-electron chi connectivity index (χ1n) is 8.66. The smallest absolute Gasteiger partial charge is 0.257 e. The Morgan fingerprint density at radius 2 is 2.16 bits per heavy atom. The van der Waals surface area contributed by atoms with Crippen molar-refractivity contribution in [2.75, 3.05) is 13.1 Å². The van der Waals surface area contributed by atoms with Gasteiger partial charge in [0.25, 0.3) is 5.91 Å². The van der Waals surface area contributed by atoms with E-state index >= 15 is 0 Å². The molecule has 6 nitrogen and oxygen atoms in total. The van der Waals surface area contributed by atoms with Crippen LogP contribution in [0.2, 0.25) is 0 Å². The fourth-order valence-corrected chi connectivity index (χ4v) is 3.75. The van der Waals surface area contributed by atoms with Crippen LogP contribution in [0.25, 0.3) is 0 Å². The number of Topliss-reactive ketones (excluding diaryl/α,β-unsaturated/α-hetero) is 1. The number of nitrogens with zero attached hydrogens (tertiary/aromatic N) is 3. The number of aromatic nitrogens is 2. The van der Waals surface area contributed by atoms with E-state index in [-0.39, 0.29) is 11.7 Å². The minimum atomic E-state index is -0.601. The minimum Gasteiger partial charge on any atom is -0.484 e. The summed E-state index contributed by atoms with van der Waals surface area (Å²) in [6, 6.07) is 7.33. The molecule has 1 atom stereocenters. The lowest BCUT2D eigenvalue weighted by Gasteiger charge is -2.34. The molecule has 0 saturated carbocycles. The Balaban J connectivity index is 1.56. The van der Waals surface area contributed by atoms with E-state index in [9.17, 15) is 9.59 Å². The summed E-state index contributed by atoms with van der Waals surface area (Å²) in [5, 5.41) is 4.35. The third-order valence-corrected chi connectivity index (χ3v) is 5.10. The highest BCUT2D eigenvalue weighted by Crippen LogP contribution is 2.39. The molecule has 1 aromatic heterocycles. The number of carbonyl (C=O) groups is 2. The summed E-state index contributed by atoms with van der Waals surface area (Å²) < 4.78 is 7.96. The third-order valence-electron chi connectivity index (χ3n) is 5.10. The molecular weight excluding hydrogens is 318 g/mol. The number of ketones is 1. The summed E-state index contributed by atoms with van der Waals surface area (Å²) in [6.45, 7) is 5.59. The van der Waals surface area contributed by atoms with Crippen molar-refractivity contribution in [3.05, 3.63) is 47.3 Å². The van der Waals surface area contributed by atoms with Crippen LogP contribution < -0.4 is 4.74 Å². The monoisotopic (exact) mass is 339 g/mol. The SMILES string of the molecule is CCn1cc(C(=O)N2CC[C@@]3(CC(=O)c4ccccc4O3)C2)c(C)n1. The van der Waals surface area contributed by atoms with Crippen LogP contribution in [0.15, 0.2) is 30.5 Å². The number of likely N-dealkylation sites (tertiary alicyclic amines) is 1. The lowest BCUT2D eigenvalue weighted by molar-refractivity contribution is 0.0428. The molecule has 3 heterocycles. The second-order valence-electron chi connectivity index (χ2n) is 6.84. The molecule has 1 fully saturated rings. The number of rotatable bonds is 2. The summed E-state index contributed by atoms with van der Waals surface area (Å²) in [5.41, 5.74) is 1.40. The summed E-state index contributed by atoms with van der Waals surface area (Å²) in [7, 11) is 0. The number of para-hydroxylation sites is 1. The number of fused-ring (bicyclic) bond motifs is 1. The van der Waals surface area contributed by atoms with Crippen LogP contribution in [0.1, 0.15) is 46.2 Å². The van der Waals surface area contributed by atoms with Crippen molar-refractivity contribution < 1.29 is 14.3 Å². The summed E-state index contributed by atoms with van der Waals surface area (Å²) in [5.74, 6) is 0.679. The van der Waals surface area contributed by atoms with E-state index in [2.05, 4.69) is 5.10 Å². The number of ether oxygens (including phenoxy) is 1. The Labute approximate surface area is 146 Å². The number of carbonyl (C=O) groups excluding carboxylic acids is 2. The average Bonchev–Trinajstić information content (AvgIpc) is 3.18. The first kappa shape index (κ1) is 15.9. The van der Waals surface area contributed by atoms with Crippen molar-refractivity contribution in [1.29, 1.82) is 0 Å². The Morgan fingerprint density at radius 1 is 1.36 bits per heavy atom. The number of aryl methyl sites for hydroxylation is 2. The van der Waals surface area contributed by atoms with Gasteiger partial charge in [0.05, 0.1) is 29.8 Å². The van der Waals surface area contributed by atoms with Gasteiger partial charge in [0.1, 0.15) is 11.4 Å². The fraction of sp³-hybridized carbons (Fsp3) is 0.421. The minimum absolute atomic E-state index is 0.0380. The normalized spacial score (nSPS) is 22.2. The van der Waals surface area contributed by atoms with Gasteiger partial charge in [0, 0.05) is 25.7 Å². The Morgan fingerprint density at radius 3 is 2.92 bits per heavy atom. The molecule has 1 spiro atoms. The first-order valence-corrected chi connectivity index (χ1v) is 8.66. The van der Waals surface area contributed by atoms with Gasteiger partial charge < -0.3 is 9.64 Å². The van der Waals surface area contributed by atoms with Gasteiger partial charge in [-0.25, -0.2) is 0 Å². The second kappa shape index (κ2) is 5.72. The lowest BCUT2D eigenvalue weighted by Crippen LogP contribution is -2.45. The standard InChI is InChI=1S/C19H21N3O3/c1-3-22-11-15(13(2)20-22)18(24)21-9-8-19(12-21)10-16(23)14-6-4-5-7-17(14)25-19/h4-7,11H,3,8-10,12H2,1-2H3/t19-/m1/s1. The molecule has 0 bridgehead atoms. The molecule has 4 rings (SSSR count). The van der Waals surface area contributed by atoms with Crippen LogP contribution in [-0.4, -0.2) is 45.1 Å². The van der Waals surface area contributed by atoms with E-state index in [0.717, 1.165) is 12.2 Å². The largest absolute Gasteiger partial charge is 0.484 e. The maximum Gasteiger partial charge on any atom is 0.257 e. The van der Waals surface area contributed by atoms with E-state index in [0.29, 0.717) is 42.8 Å². The zero-order valence-electron chi connectivity index (χ0n) is 14.5. The highest BCUT2D eigenvalue weighted by Gasteiger charge is 2.47. The molecule has 0 N–H and O–H groups in total.